The van der Waals surface area contributed by atoms with E-state index in [1.54, 1.807) is 18.2 Å². The van der Waals surface area contributed by atoms with Crippen LogP contribution >= 0.6 is 11.8 Å². The smallest absolute Gasteiger partial charge is 0.326 e. The van der Waals surface area contributed by atoms with Gasteiger partial charge in [0.05, 0.1) is 5.25 Å². The fraction of sp³-hybridized carbons (Fsp3) is 0.500. The molecule has 6 nitrogen and oxygen atoms in total. The van der Waals surface area contributed by atoms with Crippen LogP contribution in [0.15, 0.2) is 24.3 Å². The lowest BCUT2D eigenvalue weighted by molar-refractivity contribution is -0.142. The number of carbonyl (C=O) groups excluding carboxylic acids is 2. The molecule has 1 aliphatic rings. The van der Waals surface area contributed by atoms with Crippen LogP contribution in [0.1, 0.15) is 31.7 Å². The van der Waals surface area contributed by atoms with Crippen molar-refractivity contribution in [2.24, 2.45) is 0 Å². The number of unbranched alkanes of at least 4 members (excludes halogenated alkanes) is 1. The number of rotatable bonds is 8. The minimum Gasteiger partial charge on any atom is -0.480 e. The fourth-order valence-corrected chi connectivity index (χ4v) is 3.87. The SMILES string of the molecule is CCCCC(NC(=O)C1CSC(Cc2ccccc2F)C(=O)N1)C(=O)O. The van der Waals surface area contributed by atoms with Crippen molar-refractivity contribution >= 4 is 29.5 Å². The fourth-order valence-electron chi connectivity index (χ4n) is 2.69. The molecule has 0 radical (unpaired) electrons. The Morgan fingerprint density at radius 3 is 2.77 bits per heavy atom. The lowest BCUT2D eigenvalue weighted by atomic mass is 10.1. The summed E-state index contributed by atoms with van der Waals surface area (Å²) in [7, 11) is 0. The zero-order chi connectivity index (χ0) is 19.1. The number of thioether (sulfide) groups is 1. The summed E-state index contributed by atoms with van der Waals surface area (Å²) in [5, 5.41) is 13.8. The van der Waals surface area contributed by atoms with Crippen LogP contribution in [0.4, 0.5) is 4.39 Å². The third-order valence-electron chi connectivity index (χ3n) is 4.21. The van der Waals surface area contributed by atoms with E-state index in [-0.39, 0.29) is 18.1 Å². The van der Waals surface area contributed by atoms with Gasteiger partial charge in [-0.15, -0.1) is 11.8 Å². The maximum Gasteiger partial charge on any atom is 0.326 e. The normalized spacial score (nSPS) is 20.9. The number of hydrogen-bond acceptors (Lipinski definition) is 4. The number of carboxylic acids is 1. The monoisotopic (exact) mass is 382 g/mol. The zero-order valence-electron chi connectivity index (χ0n) is 14.5. The lowest BCUT2D eigenvalue weighted by Crippen LogP contribution is -2.57. The number of amides is 2. The lowest BCUT2D eigenvalue weighted by Gasteiger charge is -2.29. The summed E-state index contributed by atoms with van der Waals surface area (Å²) in [4.78, 5) is 35.8. The molecule has 3 unspecified atom stereocenters. The molecular weight excluding hydrogens is 359 g/mol. The maximum atomic E-state index is 13.7. The van der Waals surface area contributed by atoms with E-state index >= 15 is 0 Å². The van der Waals surface area contributed by atoms with Gasteiger partial charge in [0.25, 0.3) is 0 Å². The van der Waals surface area contributed by atoms with Crippen molar-refractivity contribution in [3.63, 3.8) is 0 Å². The molecule has 2 rings (SSSR count). The Morgan fingerprint density at radius 1 is 1.42 bits per heavy atom. The molecule has 1 fully saturated rings. The Bertz CT molecular complexity index is 670. The van der Waals surface area contributed by atoms with Gasteiger partial charge >= 0.3 is 5.97 Å². The molecule has 1 aliphatic heterocycles. The van der Waals surface area contributed by atoms with Gasteiger partial charge in [0.1, 0.15) is 17.9 Å². The molecule has 2 amide bonds. The summed E-state index contributed by atoms with van der Waals surface area (Å²) in [6.07, 6.45) is 2.11. The molecule has 8 heteroatoms. The van der Waals surface area contributed by atoms with Gasteiger partial charge < -0.3 is 15.7 Å². The molecule has 26 heavy (non-hydrogen) atoms. The molecule has 3 N–H and O–H groups in total. The van der Waals surface area contributed by atoms with Crippen molar-refractivity contribution in [2.45, 2.75) is 49.9 Å². The number of aliphatic carboxylic acids is 1. The van der Waals surface area contributed by atoms with Crippen molar-refractivity contribution < 1.29 is 23.9 Å². The predicted molar refractivity (Wildman–Crippen MR) is 97.4 cm³/mol. The summed E-state index contributed by atoms with van der Waals surface area (Å²) >= 11 is 1.28. The van der Waals surface area contributed by atoms with E-state index < -0.39 is 29.2 Å². The first-order valence-electron chi connectivity index (χ1n) is 8.61. The van der Waals surface area contributed by atoms with Crippen LogP contribution < -0.4 is 10.6 Å². The number of carbonyl (C=O) groups is 3. The highest BCUT2D eigenvalue weighted by Gasteiger charge is 2.34. The molecule has 0 aromatic heterocycles. The maximum absolute atomic E-state index is 13.7. The Balaban J connectivity index is 1.90. The van der Waals surface area contributed by atoms with Crippen molar-refractivity contribution in [3.05, 3.63) is 35.6 Å². The summed E-state index contributed by atoms with van der Waals surface area (Å²) in [5.41, 5.74) is 0.452. The third-order valence-corrected chi connectivity index (χ3v) is 5.52. The molecule has 142 valence electrons. The highest BCUT2D eigenvalue weighted by atomic mass is 32.2. The number of carboxylic acid groups (broad SMARTS) is 1. The second kappa shape index (κ2) is 9.56. The Kier molecular flexibility index (Phi) is 7.44. The molecule has 0 aliphatic carbocycles. The first-order valence-corrected chi connectivity index (χ1v) is 9.65. The van der Waals surface area contributed by atoms with E-state index in [1.807, 2.05) is 6.92 Å². The second-order valence-electron chi connectivity index (χ2n) is 6.22. The molecule has 1 aromatic rings. The minimum atomic E-state index is -1.08. The summed E-state index contributed by atoms with van der Waals surface area (Å²) in [5.74, 6) is -1.97. The van der Waals surface area contributed by atoms with Gasteiger partial charge in [-0.05, 0) is 24.5 Å². The van der Waals surface area contributed by atoms with Gasteiger partial charge in [-0.2, -0.15) is 0 Å². The van der Waals surface area contributed by atoms with Gasteiger partial charge in [-0.3, -0.25) is 9.59 Å². The Labute approximate surface area is 155 Å². The second-order valence-corrected chi connectivity index (χ2v) is 7.46. The third kappa shape index (κ3) is 5.45. The van der Waals surface area contributed by atoms with Crippen LogP contribution in [-0.2, 0) is 20.8 Å². The Hall–Kier alpha value is -2.09. The molecule has 0 spiro atoms. The topological polar surface area (TPSA) is 95.5 Å². The van der Waals surface area contributed by atoms with E-state index in [0.29, 0.717) is 24.2 Å². The Morgan fingerprint density at radius 2 is 2.15 bits per heavy atom. The van der Waals surface area contributed by atoms with E-state index in [2.05, 4.69) is 10.6 Å². The van der Waals surface area contributed by atoms with Gasteiger partial charge in [0.2, 0.25) is 11.8 Å². The van der Waals surface area contributed by atoms with Crippen LogP contribution in [-0.4, -0.2) is 46.0 Å². The van der Waals surface area contributed by atoms with Crippen LogP contribution in [0, 0.1) is 5.82 Å². The minimum absolute atomic E-state index is 0.242. The molecule has 1 saturated heterocycles. The summed E-state index contributed by atoms with van der Waals surface area (Å²) in [6.45, 7) is 1.94. The van der Waals surface area contributed by atoms with Gasteiger partial charge in [-0.25, -0.2) is 9.18 Å². The zero-order valence-corrected chi connectivity index (χ0v) is 15.4. The molecule has 0 bridgehead atoms. The van der Waals surface area contributed by atoms with Crippen LogP contribution in [0.5, 0.6) is 0 Å². The van der Waals surface area contributed by atoms with Crippen molar-refractivity contribution in [1.29, 1.82) is 0 Å². The highest BCUT2D eigenvalue weighted by molar-refractivity contribution is 8.00. The number of benzene rings is 1. The summed E-state index contributed by atoms with van der Waals surface area (Å²) in [6, 6.07) is 4.54. The molecular formula is C18H23FN2O4S. The van der Waals surface area contributed by atoms with Crippen molar-refractivity contribution in [3.8, 4) is 0 Å². The largest absolute Gasteiger partial charge is 0.480 e. The number of nitrogens with one attached hydrogen (secondary N) is 2. The van der Waals surface area contributed by atoms with Gasteiger partial charge in [-0.1, -0.05) is 38.0 Å². The number of hydrogen-bond donors (Lipinski definition) is 3. The average molecular weight is 382 g/mol. The predicted octanol–water partition coefficient (Wildman–Crippen LogP) is 1.73. The molecule has 1 aromatic carbocycles. The quantitative estimate of drug-likeness (QED) is 0.636. The first kappa shape index (κ1) is 20.2. The van der Waals surface area contributed by atoms with Gasteiger partial charge in [0, 0.05) is 5.75 Å². The van der Waals surface area contributed by atoms with Gasteiger partial charge in [0.15, 0.2) is 0 Å². The van der Waals surface area contributed by atoms with E-state index in [9.17, 15) is 23.9 Å². The average Bonchev–Trinajstić information content (AvgIpc) is 2.61. The van der Waals surface area contributed by atoms with Crippen LogP contribution in [0.25, 0.3) is 0 Å². The van der Waals surface area contributed by atoms with Crippen LogP contribution in [0.2, 0.25) is 0 Å². The van der Waals surface area contributed by atoms with E-state index in [0.717, 1.165) is 6.42 Å². The van der Waals surface area contributed by atoms with Crippen molar-refractivity contribution in [2.75, 3.05) is 5.75 Å². The molecule has 0 saturated carbocycles. The molecule has 3 atom stereocenters. The first-order chi connectivity index (χ1) is 12.4. The van der Waals surface area contributed by atoms with E-state index in [1.165, 1.54) is 17.8 Å². The van der Waals surface area contributed by atoms with E-state index in [4.69, 9.17) is 0 Å². The van der Waals surface area contributed by atoms with Crippen LogP contribution in [0.3, 0.4) is 0 Å². The summed E-state index contributed by atoms with van der Waals surface area (Å²) < 4.78 is 13.7. The van der Waals surface area contributed by atoms with Crippen molar-refractivity contribution in [1.82, 2.24) is 10.6 Å². The highest BCUT2D eigenvalue weighted by Crippen LogP contribution is 2.23. The number of halogens is 1. The standard InChI is InChI=1S/C18H23FN2O4S/c1-2-3-8-13(18(24)25)20-16(22)14-10-26-15(17(23)21-14)9-11-6-4-5-7-12(11)19/h4-7,13-15H,2-3,8-10H2,1H3,(H,20,22)(H,21,23)(H,24,25). The molecule has 1 heterocycles.